The molecule has 0 N–H and O–H groups in total. The lowest BCUT2D eigenvalue weighted by Gasteiger charge is -2.00. The highest BCUT2D eigenvalue weighted by molar-refractivity contribution is 6.29. The van der Waals surface area contributed by atoms with E-state index in [-0.39, 0.29) is 0 Å². The second-order valence-electron chi connectivity index (χ2n) is 4.89. The molecule has 0 spiro atoms. The topological polar surface area (TPSA) is 30.7 Å². The molecule has 0 unspecified atom stereocenters. The van der Waals surface area contributed by atoms with Crippen molar-refractivity contribution in [1.82, 2.24) is 14.5 Å². The third kappa shape index (κ3) is 3.15. The largest absolute Gasteiger partial charge is 0.334 e. The van der Waals surface area contributed by atoms with Crippen LogP contribution >= 0.6 is 11.6 Å². The van der Waals surface area contributed by atoms with Crippen molar-refractivity contribution in [3.8, 4) is 11.8 Å². The number of pyridine rings is 1. The van der Waals surface area contributed by atoms with E-state index in [0.717, 1.165) is 29.5 Å². The van der Waals surface area contributed by atoms with Gasteiger partial charge < -0.3 is 4.57 Å². The summed E-state index contributed by atoms with van der Waals surface area (Å²) in [5.74, 6) is 8.01. The second kappa shape index (κ2) is 5.07. The van der Waals surface area contributed by atoms with E-state index in [2.05, 4.69) is 26.4 Å². The summed E-state index contributed by atoms with van der Waals surface area (Å²) in [5, 5.41) is 0.460. The summed E-state index contributed by atoms with van der Waals surface area (Å²) in [6, 6.07) is 3.59. The van der Waals surface area contributed by atoms with Crippen LogP contribution < -0.4 is 0 Å². The van der Waals surface area contributed by atoms with Gasteiger partial charge in [-0.05, 0) is 43.7 Å². The summed E-state index contributed by atoms with van der Waals surface area (Å²) in [4.78, 5) is 8.40. The molecule has 3 nitrogen and oxygen atoms in total. The Hall–Kier alpha value is -1.79. The van der Waals surface area contributed by atoms with Gasteiger partial charge in [0, 0.05) is 24.5 Å². The van der Waals surface area contributed by atoms with Crippen molar-refractivity contribution in [2.75, 3.05) is 0 Å². The van der Waals surface area contributed by atoms with Gasteiger partial charge in [-0.25, -0.2) is 9.97 Å². The van der Waals surface area contributed by atoms with Gasteiger partial charge in [-0.2, -0.15) is 0 Å². The maximum atomic E-state index is 5.82. The Morgan fingerprint density at radius 3 is 3.00 bits per heavy atom. The molecule has 0 atom stereocenters. The minimum atomic E-state index is 0.460. The van der Waals surface area contributed by atoms with E-state index >= 15 is 0 Å². The first-order valence-corrected chi connectivity index (χ1v) is 6.76. The van der Waals surface area contributed by atoms with Crippen LogP contribution in [-0.2, 0) is 6.54 Å². The average molecular weight is 272 g/mol. The first-order valence-electron chi connectivity index (χ1n) is 6.38. The second-order valence-corrected chi connectivity index (χ2v) is 5.27. The monoisotopic (exact) mass is 271 g/mol. The first kappa shape index (κ1) is 12.3. The number of hydrogen-bond acceptors (Lipinski definition) is 2. The van der Waals surface area contributed by atoms with Crippen LogP contribution in [0.3, 0.4) is 0 Å². The molecule has 3 rings (SSSR count). The molecule has 0 amide bonds. The molecule has 0 saturated heterocycles. The lowest BCUT2D eigenvalue weighted by molar-refractivity contribution is 0.610. The van der Waals surface area contributed by atoms with Crippen molar-refractivity contribution < 1.29 is 0 Å². The van der Waals surface area contributed by atoms with E-state index in [0.29, 0.717) is 5.15 Å². The summed E-state index contributed by atoms with van der Waals surface area (Å²) in [6.45, 7) is 3.10. The molecule has 1 aliphatic rings. The van der Waals surface area contributed by atoms with Crippen LogP contribution in [0.15, 0.2) is 24.5 Å². The number of aromatic nitrogens is 3. The molecule has 2 aromatic heterocycles. The average Bonchev–Trinajstić information content (AvgIpc) is 3.12. The summed E-state index contributed by atoms with van der Waals surface area (Å²) in [5.41, 5.74) is 1.67. The minimum absolute atomic E-state index is 0.460. The standard InChI is InChI=1S/C15H14ClN3/c1-11-18-14(10-19(11)9-13-2-3-13)5-4-12-6-7-17-15(16)8-12/h6-8,10,13H,2-3,9H2,1H3. The minimum Gasteiger partial charge on any atom is -0.334 e. The Balaban J connectivity index is 1.79. The maximum absolute atomic E-state index is 5.82. The van der Waals surface area contributed by atoms with E-state index in [1.165, 1.54) is 12.8 Å². The van der Waals surface area contributed by atoms with Gasteiger partial charge >= 0.3 is 0 Å². The Morgan fingerprint density at radius 1 is 1.42 bits per heavy atom. The van der Waals surface area contributed by atoms with Gasteiger partial charge in [0.05, 0.1) is 0 Å². The van der Waals surface area contributed by atoms with Crippen molar-refractivity contribution >= 4 is 11.6 Å². The SMILES string of the molecule is Cc1nc(C#Cc2ccnc(Cl)c2)cn1CC1CC1. The number of rotatable bonds is 2. The summed E-state index contributed by atoms with van der Waals surface area (Å²) >= 11 is 5.82. The first-order chi connectivity index (χ1) is 9.20. The van der Waals surface area contributed by atoms with Gasteiger partial charge in [0.25, 0.3) is 0 Å². The highest BCUT2D eigenvalue weighted by atomic mass is 35.5. The number of aryl methyl sites for hydroxylation is 1. The fourth-order valence-electron chi connectivity index (χ4n) is 1.95. The fraction of sp³-hybridized carbons (Fsp3) is 0.333. The van der Waals surface area contributed by atoms with Crippen LogP contribution in [0, 0.1) is 24.7 Å². The van der Waals surface area contributed by atoms with Crippen LogP contribution in [0.1, 0.15) is 29.9 Å². The van der Waals surface area contributed by atoms with Gasteiger partial charge in [-0.3, -0.25) is 0 Å². The van der Waals surface area contributed by atoms with Crippen LogP contribution in [0.25, 0.3) is 0 Å². The van der Waals surface area contributed by atoms with Gasteiger partial charge in [0.15, 0.2) is 0 Å². The van der Waals surface area contributed by atoms with Gasteiger partial charge in [-0.1, -0.05) is 17.5 Å². The van der Waals surface area contributed by atoms with E-state index in [1.54, 1.807) is 12.3 Å². The fourth-order valence-corrected chi connectivity index (χ4v) is 2.12. The van der Waals surface area contributed by atoms with Crippen LogP contribution in [0.4, 0.5) is 0 Å². The third-order valence-corrected chi connectivity index (χ3v) is 3.40. The molecule has 2 heterocycles. The molecule has 0 aromatic carbocycles. The number of imidazole rings is 1. The van der Waals surface area contributed by atoms with Crippen molar-refractivity contribution in [3.05, 3.63) is 46.8 Å². The van der Waals surface area contributed by atoms with Crippen molar-refractivity contribution in [3.63, 3.8) is 0 Å². The highest BCUT2D eigenvalue weighted by Crippen LogP contribution is 2.30. The van der Waals surface area contributed by atoms with E-state index in [1.807, 2.05) is 19.2 Å². The quantitative estimate of drug-likeness (QED) is 0.621. The van der Waals surface area contributed by atoms with Gasteiger partial charge in [0.1, 0.15) is 16.7 Å². The zero-order valence-corrected chi connectivity index (χ0v) is 11.5. The molecule has 19 heavy (non-hydrogen) atoms. The molecule has 1 aliphatic carbocycles. The van der Waals surface area contributed by atoms with Crippen LogP contribution in [0.2, 0.25) is 5.15 Å². The number of hydrogen-bond donors (Lipinski definition) is 0. The van der Waals surface area contributed by atoms with Crippen molar-refractivity contribution in [1.29, 1.82) is 0 Å². The zero-order valence-electron chi connectivity index (χ0n) is 10.7. The van der Waals surface area contributed by atoms with E-state index < -0.39 is 0 Å². The van der Waals surface area contributed by atoms with E-state index in [4.69, 9.17) is 11.6 Å². The van der Waals surface area contributed by atoms with Gasteiger partial charge in [-0.15, -0.1) is 0 Å². The number of nitrogens with zero attached hydrogens (tertiary/aromatic N) is 3. The van der Waals surface area contributed by atoms with Crippen LogP contribution in [0.5, 0.6) is 0 Å². The van der Waals surface area contributed by atoms with Crippen molar-refractivity contribution in [2.45, 2.75) is 26.3 Å². The number of halogens is 1. The Labute approximate surface area is 117 Å². The van der Waals surface area contributed by atoms with Crippen LogP contribution in [-0.4, -0.2) is 14.5 Å². The maximum Gasteiger partial charge on any atom is 0.131 e. The van der Waals surface area contributed by atoms with E-state index in [9.17, 15) is 0 Å². The molecule has 4 heteroatoms. The predicted octanol–water partition coefficient (Wildman–Crippen LogP) is 3.05. The normalized spacial score (nSPS) is 14.0. The zero-order chi connectivity index (χ0) is 13.2. The smallest absolute Gasteiger partial charge is 0.131 e. The molecule has 1 fully saturated rings. The lowest BCUT2D eigenvalue weighted by Crippen LogP contribution is -2.00. The molecule has 0 bridgehead atoms. The molecule has 1 saturated carbocycles. The molecule has 0 aliphatic heterocycles. The Bertz CT molecular complexity index is 660. The van der Waals surface area contributed by atoms with Crippen molar-refractivity contribution in [2.24, 2.45) is 5.92 Å². The summed E-state index contributed by atoms with van der Waals surface area (Å²) in [6.07, 6.45) is 6.37. The third-order valence-electron chi connectivity index (χ3n) is 3.19. The Morgan fingerprint density at radius 2 is 2.26 bits per heavy atom. The lowest BCUT2D eigenvalue weighted by atomic mass is 10.2. The Kier molecular flexibility index (Phi) is 3.27. The molecular weight excluding hydrogens is 258 g/mol. The summed E-state index contributed by atoms with van der Waals surface area (Å²) in [7, 11) is 0. The molecular formula is C15H14ClN3. The van der Waals surface area contributed by atoms with Gasteiger partial charge in [0.2, 0.25) is 0 Å². The molecule has 2 aromatic rings. The predicted molar refractivity (Wildman–Crippen MR) is 74.9 cm³/mol. The molecule has 96 valence electrons. The molecule has 0 radical (unpaired) electrons. The summed E-state index contributed by atoms with van der Waals surface area (Å²) < 4.78 is 2.20. The highest BCUT2D eigenvalue weighted by Gasteiger charge is 2.22.